The zero-order valence-corrected chi connectivity index (χ0v) is 12.8. The van der Waals surface area contributed by atoms with Gasteiger partial charge in [-0.3, -0.25) is 9.59 Å². The number of methoxy groups -OCH3 is 1. The van der Waals surface area contributed by atoms with E-state index >= 15 is 0 Å². The van der Waals surface area contributed by atoms with Crippen LogP contribution in [0.4, 0.5) is 10.5 Å². The molecule has 22 heavy (non-hydrogen) atoms. The molecule has 3 amide bonds. The van der Waals surface area contributed by atoms with E-state index in [4.69, 9.17) is 11.6 Å². The molecule has 1 aliphatic heterocycles. The van der Waals surface area contributed by atoms with Crippen molar-refractivity contribution in [3.05, 3.63) is 29.3 Å². The Morgan fingerprint density at radius 3 is 2.68 bits per heavy atom. The number of carbonyl (C=O) groups excluding carboxylic acids is 3. The minimum Gasteiger partial charge on any atom is -0.453 e. The van der Waals surface area contributed by atoms with Crippen LogP contribution in [0.25, 0.3) is 0 Å². The Morgan fingerprint density at radius 1 is 1.32 bits per heavy atom. The Bertz CT molecular complexity index is 593. The third-order valence-corrected chi connectivity index (χ3v) is 3.61. The van der Waals surface area contributed by atoms with Gasteiger partial charge in [-0.15, -0.1) is 0 Å². The van der Waals surface area contributed by atoms with Crippen molar-refractivity contribution in [3.8, 4) is 0 Å². The van der Waals surface area contributed by atoms with E-state index in [1.54, 1.807) is 29.2 Å². The van der Waals surface area contributed by atoms with Gasteiger partial charge in [0.05, 0.1) is 17.8 Å². The van der Waals surface area contributed by atoms with Gasteiger partial charge in [0.2, 0.25) is 11.8 Å². The summed E-state index contributed by atoms with van der Waals surface area (Å²) in [4.78, 5) is 38.0. The lowest BCUT2D eigenvalue weighted by molar-refractivity contribution is -0.136. The summed E-state index contributed by atoms with van der Waals surface area (Å²) in [5, 5.41) is 2.79. The SMILES string of the molecule is COC(=O)NCC(=O)N1CCN(c2ccccc2Cl)C(=O)C1. The summed E-state index contributed by atoms with van der Waals surface area (Å²) in [6, 6.07) is 7.05. The fourth-order valence-electron chi connectivity index (χ4n) is 2.14. The number of nitrogens with one attached hydrogen (secondary N) is 1. The third-order valence-electron chi connectivity index (χ3n) is 3.29. The molecular formula is C14H16ClN3O4. The van der Waals surface area contributed by atoms with E-state index in [-0.39, 0.29) is 24.9 Å². The number of hydrogen-bond acceptors (Lipinski definition) is 4. The molecule has 0 bridgehead atoms. The number of para-hydroxylation sites is 1. The number of hydrogen-bond donors (Lipinski definition) is 1. The van der Waals surface area contributed by atoms with Gasteiger partial charge in [-0.25, -0.2) is 4.79 Å². The molecule has 0 aliphatic carbocycles. The van der Waals surface area contributed by atoms with Gasteiger partial charge in [-0.2, -0.15) is 0 Å². The van der Waals surface area contributed by atoms with Gasteiger partial charge in [0.1, 0.15) is 13.1 Å². The second-order valence-corrected chi connectivity index (χ2v) is 5.06. The zero-order valence-electron chi connectivity index (χ0n) is 12.0. The quantitative estimate of drug-likeness (QED) is 0.894. The lowest BCUT2D eigenvalue weighted by Crippen LogP contribution is -2.54. The van der Waals surface area contributed by atoms with Gasteiger partial charge >= 0.3 is 6.09 Å². The second-order valence-electron chi connectivity index (χ2n) is 4.66. The Hall–Kier alpha value is -2.28. The van der Waals surface area contributed by atoms with Crippen molar-refractivity contribution in [2.75, 3.05) is 38.2 Å². The number of ether oxygens (including phenoxy) is 1. The van der Waals surface area contributed by atoms with Crippen molar-refractivity contribution < 1.29 is 19.1 Å². The summed E-state index contributed by atoms with van der Waals surface area (Å²) in [6.07, 6.45) is -0.686. The van der Waals surface area contributed by atoms with Crippen molar-refractivity contribution >= 4 is 35.2 Å². The van der Waals surface area contributed by atoms with Crippen molar-refractivity contribution in [1.82, 2.24) is 10.2 Å². The van der Waals surface area contributed by atoms with Crippen LogP contribution in [0.5, 0.6) is 0 Å². The average molecular weight is 326 g/mol. The molecule has 1 heterocycles. The Balaban J connectivity index is 1.95. The third kappa shape index (κ3) is 3.67. The van der Waals surface area contributed by atoms with Gasteiger partial charge in [0, 0.05) is 13.1 Å². The van der Waals surface area contributed by atoms with Gasteiger partial charge in [0.25, 0.3) is 0 Å². The predicted octanol–water partition coefficient (Wildman–Crippen LogP) is 0.871. The molecule has 1 saturated heterocycles. The molecule has 2 rings (SSSR count). The van der Waals surface area contributed by atoms with E-state index in [0.29, 0.717) is 23.8 Å². The van der Waals surface area contributed by atoms with E-state index in [1.807, 2.05) is 0 Å². The zero-order chi connectivity index (χ0) is 16.1. The first-order valence-corrected chi connectivity index (χ1v) is 7.05. The summed E-state index contributed by atoms with van der Waals surface area (Å²) in [5.41, 5.74) is 0.633. The first-order chi connectivity index (χ1) is 10.5. The monoisotopic (exact) mass is 325 g/mol. The maximum absolute atomic E-state index is 12.2. The summed E-state index contributed by atoms with van der Waals surface area (Å²) in [5.74, 6) is -0.552. The average Bonchev–Trinajstić information content (AvgIpc) is 2.53. The van der Waals surface area contributed by atoms with Crippen LogP contribution in [0.3, 0.4) is 0 Å². The first kappa shape index (κ1) is 16.1. The number of piperazine rings is 1. The minimum absolute atomic E-state index is 0.0487. The lowest BCUT2D eigenvalue weighted by atomic mass is 10.2. The maximum Gasteiger partial charge on any atom is 0.407 e. The number of amides is 3. The Labute approximate surface area is 132 Å². The standard InChI is InChI=1S/C14H16ClN3O4/c1-22-14(21)16-8-12(19)17-6-7-18(13(20)9-17)11-5-3-2-4-10(11)15/h2-5H,6-9H2,1H3,(H,16,21). The van der Waals surface area contributed by atoms with Gasteiger partial charge in [0.15, 0.2) is 0 Å². The van der Waals surface area contributed by atoms with E-state index in [0.717, 1.165) is 0 Å². The van der Waals surface area contributed by atoms with Crippen LogP contribution in [0, 0.1) is 0 Å². The summed E-state index contributed by atoms with van der Waals surface area (Å²) >= 11 is 6.09. The van der Waals surface area contributed by atoms with Crippen molar-refractivity contribution in [1.29, 1.82) is 0 Å². The second kappa shape index (κ2) is 7.13. The Morgan fingerprint density at radius 2 is 2.05 bits per heavy atom. The molecule has 0 aromatic heterocycles. The fourth-order valence-corrected chi connectivity index (χ4v) is 2.38. The molecule has 1 aromatic carbocycles. The number of nitrogens with zero attached hydrogens (tertiary/aromatic N) is 2. The highest BCUT2D eigenvalue weighted by atomic mass is 35.5. The molecule has 0 saturated carbocycles. The molecule has 0 unspecified atom stereocenters. The topological polar surface area (TPSA) is 79.0 Å². The molecule has 0 atom stereocenters. The van der Waals surface area contributed by atoms with Crippen molar-refractivity contribution in [2.45, 2.75) is 0 Å². The summed E-state index contributed by atoms with van der Waals surface area (Å²) in [7, 11) is 1.21. The number of halogens is 1. The van der Waals surface area contributed by atoms with Crippen molar-refractivity contribution in [3.63, 3.8) is 0 Å². The molecule has 1 fully saturated rings. The summed E-state index contributed by atoms with van der Waals surface area (Å²) in [6.45, 7) is 0.476. The van der Waals surface area contributed by atoms with Crippen LogP contribution < -0.4 is 10.2 Å². The van der Waals surface area contributed by atoms with E-state index < -0.39 is 6.09 Å². The van der Waals surface area contributed by atoms with Gasteiger partial charge in [-0.05, 0) is 12.1 Å². The molecular weight excluding hydrogens is 310 g/mol. The van der Waals surface area contributed by atoms with Gasteiger partial charge in [-0.1, -0.05) is 23.7 Å². The molecule has 0 radical (unpaired) electrons. The van der Waals surface area contributed by atoms with Crippen LogP contribution in [0.1, 0.15) is 0 Å². The fraction of sp³-hybridized carbons (Fsp3) is 0.357. The van der Waals surface area contributed by atoms with Crippen LogP contribution in [-0.4, -0.2) is 56.1 Å². The molecule has 1 aliphatic rings. The van der Waals surface area contributed by atoms with E-state index in [2.05, 4.69) is 10.1 Å². The number of alkyl carbamates (subject to hydrolysis) is 1. The van der Waals surface area contributed by atoms with Crippen LogP contribution in [-0.2, 0) is 14.3 Å². The number of anilines is 1. The maximum atomic E-state index is 12.2. The van der Waals surface area contributed by atoms with Crippen LogP contribution >= 0.6 is 11.6 Å². The van der Waals surface area contributed by atoms with E-state index in [9.17, 15) is 14.4 Å². The number of carbonyl (C=O) groups is 3. The van der Waals surface area contributed by atoms with Crippen molar-refractivity contribution in [2.24, 2.45) is 0 Å². The van der Waals surface area contributed by atoms with Crippen LogP contribution in [0.2, 0.25) is 5.02 Å². The normalized spacial score (nSPS) is 14.7. The van der Waals surface area contributed by atoms with Gasteiger partial charge < -0.3 is 19.9 Å². The molecule has 7 nitrogen and oxygen atoms in total. The number of benzene rings is 1. The highest BCUT2D eigenvalue weighted by Gasteiger charge is 2.28. The molecule has 8 heteroatoms. The first-order valence-electron chi connectivity index (χ1n) is 6.67. The van der Waals surface area contributed by atoms with Crippen LogP contribution in [0.15, 0.2) is 24.3 Å². The molecule has 1 N–H and O–H groups in total. The minimum atomic E-state index is -0.686. The lowest BCUT2D eigenvalue weighted by Gasteiger charge is -2.34. The smallest absolute Gasteiger partial charge is 0.407 e. The highest BCUT2D eigenvalue weighted by Crippen LogP contribution is 2.26. The Kier molecular flexibility index (Phi) is 5.21. The predicted molar refractivity (Wildman–Crippen MR) is 80.8 cm³/mol. The largest absolute Gasteiger partial charge is 0.453 e. The number of rotatable bonds is 3. The molecule has 118 valence electrons. The molecule has 1 aromatic rings. The highest BCUT2D eigenvalue weighted by molar-refractivity contribution is 6.33. The molecule has 0 spiro atoms. The van der Waals surface area contributed by atoms with E-state index in [1.165, 1.54) is 12.0 Å². The summed E-state index contributed by atoms with van der Waals surface area (Å²) < 4.78 is 4.39.